The van der Waals surface area contributed by atoms with Crippen LogP contribution in [0.25, 0.3) is 0 Å². The van der Waals surface area contributed by atoms with Gasteiger partial charge in [0.1, 0.15) is 0 Å². The molecule has 18 heavy (non-hydrogen) atoms. The van der Waals surface area contributed by atoms with Crippen LogP contribution in [0.5, 0.6) is 0 Å². The topological polar surface area (TPSA) is 21.3 Å². The van der Waals surface area contributed by atoms with Gasteiger partial charge in [-0.25, -0.2) is 0 Å². The van der Waals surface area contributed by atoms with Crippen molar-refractivity contribution in [1.29, 1.82) is 0 Å². The lowest BCUT2D eigenvalue weighted by atomic mass is 10.0. The van der Waals surface area contributed by atoms with Crippen LogP contribution in [0.1, 0.15) is 49.1 Å². The van der Waals surface area contributed by atoms with Gasteiger partial charge in [0.15, 0.2) is 0 Å². The van der Waals surface area contributed by atoms with Gasteiger partial charge in [-0.15, -0.1) is 11.3 Å². The molecule has 1 aromatic rings. The molecule has 0 saturated heterocycles. The quantitative estimate of drug-likeness (QED) is 0.805. The molecule has 2 nitrogen and oxygen atoms in total. The first-order valence-electron chi connectivity index (χ1n) is 6.86. The summed E-state index contributed by atoms with van der Waals surface area (Å²) in [7, 11) is 0. The average molecular weight is 269 g/mol. The fourth-order valence-corrected chi connectivity index (χ4v) is 3.19. The maximum absolute atomic E-state index is 5.57. The molecule has 0 aliphatic heterocycles. The Morgan fingerprint density at radius 3 is 2.39 bits per heavy atom. The first-order valence-corrected chi connectivity index (χ1v) is 7.68. The van der Waals surface area contributed by atoms with Crippen LogP contribution in [0.15, 0.2) is 6.07 Å². The van der Waals surface area contributed by atoms with Crippen molar-refractivity contribution < 1.29 is 4.74 Å². The highest BCUT2D eigenvalue weighted by Gasteiger charge is 2.18. The molecule has 0 aliphatic rings. The normalized spacial score (nSPS) is 15.1. The lowest BCUT2D eigenvalue weighted by Crippen LogP contribution is -2.39. The van der Waals surface area contributed by atoms with Gasteiger partial charge in [-0.2, -0.15) is 0 Å². The van der Waals surface area contributed by atoms with E-state index in [1.807, 2.05) is 18.3 Å². The number of hydrogen-bond donors (Lipinski definition) is 1. The maximum Gasteiger partial charge on any atom is 0.0622 e. The third kappa shape index (κ3) is 4.38. The minimum atomic E-state index is 0.391. The van der Waals surface area contributed by atoms with E-state index >= 15 is 0 Å². The summed E-state index contributed by atoms with van der Waals surface area (Å²) >= 11 is 1.88. The van der Waals surface area contributed by atoms with Crippen molar-refractivity contribution in [3.05, 3.63) is 21.4 Å². The van der Waals surface area contributed by atoms with E-state index in [9.17, 15) is 0 Å². The van der Waals surface area contributed by atoms with Crippen molar-refractivity contribution in [2.75, 3.05) is 13.2 Å². The van der Waals surface area contributed by atoms with Gasteiger partial charge < -0.3 is 10.1 Å². The van der Waals surface area contributed by atoms with Crippen molar-refractivity contribution in [1.82, 2.24) is 5.32 Å². The molecule has 104 valence electrons. The first-order chi connectivity index (χ1) is 8.45. The van der Waals surface area contributed by atoms with E-state index in [0.717, 1.165) is 13.2 Å². The minimum absolute atomic E-state index is 0.391. The van der Waals surface area contributed by atoms with E-state index in [0.29, 0.717) is 18.0 Å². The van der Waals surface area contributed by atoms with Gasteiger partial charge in [-0.05, 0) is 45.2 Å². The average Bonchev–Trinajstić information content (AvgIpc) is 2.63. The number of rotatable bonds is 7. The Morgan fingerprint density at radius 1 is 1.28 bits per heavy atom. The third-order valence-electron chi connectivity index (χ3n) is 3.32. The number of thiophene rings is 1. The largest absolute Gasteiger partial charge is 0.380 e. The summed E-state index contributed by atoms with van der Waals surface area (Å²) in [6, 6.07) is 3.11. The van der Waals surface area contributed by atoms with Gasteiger partial charge in [0, 0.05) is 28.4 Å². The molecule has 3 heteroatoms. The van der Waals surface area contributed by atoms with E-state index in [2.05, 4.69) is 46.0 Å². The smallest absolute Gasteiger partial charge is 0.0622 e. The molecule has 1 N–H and O–H groups in total. The van der Waals surface area contributed by atoms with Crippen LogP contribution in [-0.2, 0) is 4.74 Å². The van der Waals surface area contributed by atoms with E-state index in [1.54, 1.807) is 0 Å². The van der Waals surface area contributed by atoms with Gasteiger partial charge in [0.05, 0.1) is 6.61 Å². The second-order valence-electron chi connectivity index (χ2n) is 5.27. The SMILES string of the molecule is CCOCC(NC(C)c1cc(C)sc1C)C(C)C. The van der Waals surface area contributed by atoms with Gasteiger partial charge in [-0.3, -0.25) is 0 Å². The molecule has 0 spiro atoms. The monoisotopic (exact) mass is 269 g/mol. The van der Waals surface area contributed by atoms with Crippen molar-refractivity contribution in [3.63, 3.8) is 0 Å². The van der Waals surface area contributed by atoms with Crippen molar-refractivity contribution in [2.24, 2.45) is 5.92 Å². The van der Waals surface area contributed by atoms with Crippen LogP contribution >= 0.6 is 11.3 Å². The summed E-state index contributed by atoms with van der Waals surface area (Å²) in [5, 5.41) is 3.70. The van der Waals surface area contributed by atoms with Crippen molar-refractivity contribution >= 4 is 11.3 Å². The predicted molar refractivity (Wildman–Crippen MR) is 80.5 cm³/mol. The van der Waals surface area contributed by atoms with Crippen LogP contribution in [0, 0.1) is 19.8 Å². The standard InChI is InChI=1S/C15H27NOS/c1-7-17-9-15(10(2)3)16-12(5)14-8-11(4)18-13(14)6/h8,10,12,15-16H,7,9H2,1-6H3. The van der Waals surface area contributed by atoms with Gasteiger partial charge >= 0.3 is 0 Å². The Balaban J connectivity index is 2.65. The molecule has 0 aliphatic carbocycles. The van der Waals surface area contributed by atoms with Crippen LogP contribution in [0.3, 0.4) is 0 Å². The zero-order chi connectivity index (χ0) is 13.7. The number of hydrogen-bond acceptors (Lipinski definition) is 3. The zero-order valence-corrected chi connectivity index (χ0v) is 13.4. The zero-order valence-electron chi connectivity index (χ0n) is 12.5. The lowest BCUT2D eigenvalue weighted by molar-refractivity contribution is 0.104. The molecule has 0 aromatic carbocycles. The molecule has 1 rings (SSSR count). The van der Waals surface area contributed by atoms with Crippen LogP contribution in [0.2, 0.25) is 0 Å². The summed E-state index contributed by atoms with van der Waals surface area (Å²) in [5.74, 6) is 0.582. The molecule has 0 radical (unpaired) electrons. The number of ether oxygens (including phenoxy) is 1. The number of nitrogens with one attached hydrogen (secondary N) is 1. The fraction of sp³-hybridized carbons (Fsp3) is 0.733. The molecular formula is C15H27NOS. The molecule has 0 fully saturated rings. The Labute approximate surface area is 116 Å². The van der Waals surface area contributed by atoms with Gasteiger partial charge in [-0.1, -0.05) is 13.8 Å². The Kier molecular flexibility index (Phi) is 6.33. The maximum atomic E-state index is 5.57. The fourth-order valence-electron chi connectivity index (χ4n) is 2.17. The van der Waals surface area contributed by atoms with E-state index < -0.39 is 0 Å². The third-order valence-corrected chi connectivity index (χ3v) is 4.30. The molecule has 1 heterocycles. The van der Waals surface area contributed by atoms with Crippen molar-refractivity contribution in [2.45, 2.75) is 53.6 Å². The Bertz CT molecular complexity index is 359. The van der Waals surface area contributed by atoms with E-state index in [1.165, 1.54) is 15.3 Å². The lowest BCUT2D eigenvalue weighted by Gasteiger charge is -2.26. The molecule has 2 unspecified atom stereocenters. The summed E-state index contributed by atoms with van der Waals surface area (Å²) < 4.78 is 5.57. The second-order valence-corrected chi connectivity index (χ2v) is 6.73. The molecular weight excluding hydrogens is 242 g/mol. The van der Waals surface area contributed by atoms with E-state index in [-0.39, 0.29) is 0 Å². The highest BCUT2D eigenvalue weighted by Crippen LogP contribution is 2.26. The van der Waals surface area contributed by atoms with Crippen LogP contribution in [0.4, 0.5) is 0 Å². The highest BCUT2D eigenvalue weighted by atomic mass is 32.1. The van der Waals surface area contributed by atoms with Gasteiger partial charge in [0.25, 0.3) is 0 Å². The molecule has 0 amide bonds. The predicted octanol–water partition coefficient (Wildman–Crippen LogP) is 4.08. The Hall–Kier alpha value is -0.380. The molecule has 2 atom stereocenters. The molecule has 0 bridgehead atoms. The van der Waals surface area contributed by atoms with E-state index in [4.69, 9.17) is 4.74 Å². The highest BCUT2D eigenvalue weighted by molar-refractivity contribution is 7.12. The minimum Gasteiger partial charge on any atom is -0.380 e. The summed E-state index contributed by atoms with van der Waals surface area (Å²) in [6.45, 7) is 14.7. The summed E-state index contributed by atoms with van der Waals surface area (Å²) in [6.07, 6.45) is 0. The summed E-state index contributed by atoms with van der Waals surface area (Å²) in [5.41, 5.74) is 1.43. The first kappa shape index (κ1) is 15.7. The van der Waals surface area contributed by atoms with Crippen LogP contribution < -0.4 is 5.32 Å². The van der Waals surface area contributed by atoms with Crippen molar-refractivity contribution in [3.8, 4) is 0 Å². The second kappa shape index (κ2) is 7.27. The molecule has 1 aromatic heterocycles. The van der Waals surface area contributed by atoms with Crippen LogP contribution in [-0.4, -0.2) is 19.3 Å². The Morgan fingerprint density at radius 2 is 1.94 bits per heavy atom. The summed E-state index contributed by atoms with van der Waals surface area (Å²) in [4.78, 5) is 2.81. The van der Waals surface area contributed by atoms with Gasteiger partial charge in [0.2, 0.25) is 0 Å². The molecule has 0 saturated carbocycles. The number of aryl methyl sites for hydroxylation is 2.